The maximum atomic E-state index is 14.1. The van der Waals surface area contributed by atoms with Crippen LogP contribution in [0, 0.1) is 11.6 Å². The van der Waals surface area contributed by atoms with Crippen molar-refractivity contribution in [2.75, 3.05) is 12.3 Å². The molecule has 0 bridgehead atoms. The zero-order chi connectivity index (χ0) is 26.7. The second-order valence-electron chi connectivity index (χ2n) is 8.61. The Balaban J connectivity index is 1.79. The molecule has 37 heavy (non-hydrogen) atoms. The van der Waals surface area contributed by atoms with Crippen molar-refractivity contribution in [2.45, 2.75) is 39.0 Å². The predicted molar refractivity (Wildman–Crippen MR) is 130 cm³/mol. The number of alkyl halides is 3. The lowest BCUT2D eigenvalue weighted by atomic mass is 9.93. The van der Waals surface area contributed by atoms with Crippen molar-refractivity contribution < 1.29 is 36.2 Å². The molecule has 0 radical (unpaired) electrons. The van der Waals surface area contributed by atoms with Crippen LogP contribution in [0.2, 0.25) is 0 Å². The fourth-order valence-electron chi connectivity index (χ4n) is 4.38. The van der Waals surface area contributed by atoms with Crippen molar-refractivity contribution >= 4 is 22.8 Å². The molecular weight excluding hydrogens is 493 g/mol. The van der Waals surface area contributed by atoms with E-state index in [4.69, 9.17) is 15.2 Å². The summed E-state index contributed by atoms with van der Waals surface area (Å²) in [5.74, 6) is -2.00. The Morgan fingerprint density at radius 2 is 1.73 bits per heavy atom. The number of allylic oxidation sites excluding steroid dienone is 2. The number of carbonyl (C=O) groups excluding carboxylic acids is 1. The van der Waals surface area contributed by atoms with Crippen molar-refractivity contribution in [1.29, 1.82) is 0 Å². The van der Waals surface area contributed by atoms with Crippen LogP contribution >= 0.6 is 0 Å². The summed E-state index contributed by atoms with van der Waals surface area (Å²) in [5.41, 5.74) is 7.93. The summed E-state index contributed by atoms with van der Waals surface area (Å²) >= 11 is 0. The number of benzene rings is 3. The number of carbonyl (C=O) groups is 1. The van der Waals surface area contributed by atoms with Crippen LogP contribution in [0.5, 0.6) is 5.75 Å². The van der Waals surface area contributed by atoms with Gasteiger partial charge in [0.1, 0.15) is 24.0 Å². The number of anilines is 1. The molecule has 1 aliphatic rings. The lowest BCUT2D eigenvalue weighted by Crippen LogP contribution is -2.08. The number of nitrogens with two attached hydrogens (primary N) is 1. The van der Waals surface area contributed by atoms with E-state index >= 15 is 0 Å². The molecule has 0 aliphatic heterocycles. The van der Waals surface area contributed by atoms with Crippen molar-refractivity contribution in [3.8, 4) is 5.75 Å². The van der Waals surface area contributed by atoms with E-state index in [1.54, 1.807) is 19.1 Å². The van der Waals surface area contributed by atoms with E-state index in [-0.39, 0.29) is 35.7 Å². The Hall–Kier alpha value is -3.88. The summed E-state index contributed by atoms with van der Waals surface area (Å²) in [7, 11) is 0. The molecule has 0 spiro atoms. The van der Waals surface area contributed by atoms with Gasteiger partial charge >= 0.3 is 12.1 Å². The second-order valence-corrected chi connectivity index (χ2v) is 8.61. The van der Waals surface area contributed by atoms with Gasteiger partial charge in [-0.3, -0.25) is 0 Å². The van der Waals surface area contributed by atoms with E-state index in [2.05, 4.69) is 0 Å². The van der Waals surface area contributed by atoms with Gasteiger partial charge < -0.3 is 15.2 Å². The maximum Gasteiger partial charge on any atom is 0.416 e. The first-order chi connectivity index (χ1) is 17.6. The van der Waals surface area contributed by atoms with Gasteiger partial charge in [0, 0.05) is 22.9 Å². The average Bonchev–Trinajstić information content (AvgIpc) is 3.32. The van der Waals surface area contributed by atoms with Gasteiger partial charge in [0.15, 0.2) is 0 Å². The molecular formula is C28H24F5NO3. The van der Waals surface area contributed by atoms with Crippen LogP contribution in [-0.2, 0) is 17.5 Å². The van der Waals surface area contributed by atoms with Crippen LogP contribution < -0.4 is 10.5 Å². The topological polar surface area (TPSA) is 61.5 Å². The number of esters is 1. The normalized spacial score (nSPS) is 13.7. The minimum atomic E-state index is -4.59. The standard InChI is InChI=1S/C28H24F5NO3/c1-2-36-27(35)18-10-17(11-21(34)12-18)22-4-3-5-23(22)24-13-19(28(31,32)33)7-9-26(24)37-15-16-6-8-20(29)14-25(16)30/h6-14H,2-5,15,34H2,1H3. The van der Waals surface area contributed by atoms with Crippen LogP contribution in [-0.4, -0.2) is 12.6 Å². The van der Waals surface area contributed by atoms with Crippen molar-refractivity contribution in [2.24, 2.45) is 0 Å². The van der Waals surface area contributed by atoms with Gasteiger partial charge in [-0.2, -0.15) is 13.2 Å². The highest BCUT2D eigenvalue weighted by molar-refractivity contribution is 5.97. The highest BCUT2D eigenvalue weighted by Crippen LogP contribution is 2.45. The first kappa shape index (κ1) is 26.2. The van der Waals surface area contributed by atoms with E-state index in [0.29, 0.717) is 42.2 Å². The molecule has 3 aromatic rings. The Kier molecular flexibility index (Phi) is 7.52. The highest BCUT2D eigenvalue weighted by atomic mass is 19.4. The quantitative estimate of drug-likeness (QED) is 0.201. The fourth-order valence-corrected chi connectivity index (χ4v) is 4.38. The molecule has 0 unspecified atom stereocenters. The van der Waals surface area contributed by atoms with Crippen molar-refractivity contribution in [1.82, 2.24) is 0 Å². The van der Waals surface area contributed by atoms with Gasteiger partial charge in [0.25, 0.3) is 0 Å². The maximum absolute atomic E-state index is 14.1. The largest absolute Gasteiger partial charge is 0.488 e. The molecule has 1 aliphatic carbocycles. The van der Waals surface area contributed by atoms with E-state index in [9.17, 15) is 26.7 Å². The molecule has 194 valence electrons. The van der Waals surface area contributed by atoms with E-state index in [1.807, 2.05) is 0 Å². The fraction of sp³-hybridized carbons (Fsp3) is 0.250. The molecule has 4 nitrogen and oxygen atoms in total. The van der Waals surface area contributed by atoms with Crippen LogP contribution in [0.1, 0.15) is 58.8 Å². The SMILES string of the molecule is CCOC(=O)c1cc(N)cc(C2=C(c3cc(C(F)(F)F)ccc3OCc3ccc(F)cc3F)CCC2)c1. The highest BCUT2D eigenvalue weighted by Gasteiger charge is 2.32. The summed E-state index contributed by atoms with van der Waals surface area (Å²) in [4.78, 5) is 12.3. The summed E-state index contributed by atoms with van der Waals surface area (Å²) in [6, 6.07) is 10.9. The Morgan fingerprint density at radius 1 is 0.973 bits per heavy atom. The van der Waals surface area contributed by atoms with Crippen molar-refractivity contribution in [3.05, 3.63) is 94.0 Å². The van der Waals surface area contributed by atoms with Gasteiger partial charge in [-0.05, 0) is 91.4 Å². The van der Waals surface area contributed by atoms with Crippen LogP contribution in [0.4, 0.5) is 27.6 Å². The summed E-state index contributed by atoms with van der Waals surface area (Å²) in [6.45, 7) is 1.55. The number of nitrogen functional groups attached to an aromatic ring is 1. The molecule has 0 atom stereocenters. The Bertz CT molecular complexity index is 1360. The molecule has 0 saturated carbocycles. The molecule has 4 rings (SSSR count). The number of halogens is 5. The lowest BCUT2D eigenvalue weighted by molar-refractivity contribution is -0.137. The smallest absolute Gasteiger partial charge is 0.416 e. The molecule has 0 saturated heterocycles. The summed E-state index contributed by atoms with van der Waals surface area (Å²) in [5, 5.41) is 0. The van der Waals surface area contributed by atoms with E-state index < -0.39 is 29.3 Å². The van der Waals surface area contributed by atoms with Gasteiger partial charge in [0.2, 0.25) is 0 Å². The molecule has 0 aromatic heterocycles. The zero-order valence-corrected chi connectivity index (χ0v) is 19.9. The third-order valence-electron chi connectivity index (χ3n) is 6.06. The summed E-state index contributed by atoms with van der Waals surface area (Å²) < 4.78 is 79.0. The van der Waals surface area contributed by atoms with Gasteiger partial charge in [-0.25, -0.2) is 13.6 Å². The van der Waals surface area contributed by atoms with E-state index in [0.717, 1.165) is 23.8 Å². The second kappa shape index (κ2) is 10.6. The van der Waals surface area contributed by atoms with Crippen LogP contribution in [0.25, 0.3) is 11.1 Å². The number of hydrogen-bond donors (Lipinski definition) is 1. The van der Waals surface area contributed by atoms with Crippen LogP contribution in [0.15, 0.2) is 54.6 Å². The third-order valence-corrected chi connectivity index (χ3v) is 6.06. The minimum Gasteiger partial charge on any atom is -0.488 e. The summed E-state index contributed by atoms with van der Waals surface area (Å²) in [6.07, 6.45) is -2.93. The third kappa shape index (κ3) is 5.93. The number of ether oxygens (including phenoxy) is 2. The molecule has 0 fully saturated rings. The predicted octanol–water partition coefficient (Wildman–Crippen LogP) is 7.42. The number of rotatable bonds is 7. The Morgan fingerprint density at radius 3 is 2.43 bits per heavy atom. The van der Waals surface area contributed by atoms with Crippen LogP contribution in [0.3, 0.4) is 0 Å². The molecule has 3 aromatic carbocycles. The molecule has 9 heteroatoms. The lowest BCUT2D eigenvalue weighted by Gasteiger charge is -2.18. The van der Waals surface area contributed by atoms with E-state index in [1.165, 1.54) is 18.2 Å². The minimum absolute atomic E-state index is 0.0581. The van der Waals surface area contributed by atoms with Gasteiger partial charge in [0.05, 0.1) is 17.7 Å². The van der Waals surface area contributed by atoms with Crippen molar-refractivity contribution in [3.63, 3.8) is 0 Å². The number of hydrogen-bond acceptors (Lipinski definition) is 4. The monoisotopic (exact) mass is 517 g/mol. The molecule has 0 amide bonds. The van der Waals surface area contributed by atoms with Gasteiger partial charge in [-0.1, -0.05) is 0 Å². The molecule has 2 N–H and O–H groups in total. The van der Waals surface area contributed by atoms with Gasteiger partial charge in [-0.15, -0.1) is 0 Å². The average molecular weight is 517 g/mol. The molecule has 0 heterocycles. The Labute approximate surface area is 210 Å². The first-order valence-corrected chi connectivity index (χ1v) is 11.6. The zero-order valence-electron chi connectivity index (χ0n) is 19.9. The first-order valence-electron chi connectivity index (χ1n) is 11.6.